The fourth-order valence-corrected chi connectivity index (χ4v) is 8.08. The number of hydrogen-bond acceptors (Lipinski definition) is 2. The summed E-state index contributed by atoms with van der Waals surface area (Å²) >= 11 is 0. The van der Waals surface area contributed by atoms with Crippen molar-refractivity contribution < 1.29 is 0 Å². The second-order valence-electron chi connectivity index (χ2n) is 13.3. The third-order valence-electron chi connectivity index (χ3n) is 10.4. The number of aliphatic imine (C=N–C) groups is 1. The predicted molar refractivity (Wildman–Crippen MR) is 220 cm³/mol. The number of nitrogens with two attached hydrogens (primary N) is 1. The van der Waals surface area contributed by atoms with Crippen molar-refractivity contribution in [2.75, 3.05) is 0 Å². The lowest BCUT2D eigenvalue weighted by molar-refractivity contribution is 0.966. The van der Waals surface area contributed by atoms with E-state index in [-0.39, 0.29) is 6.04 Å². The smallest absolute Gasteiger partial charge is 0.0971 e. The second-order valence-corrected chi connectivity index (χ2v) is 13.3. The zero-order valence-corrected chi connectivity index (χ0v) is 28.4. The second kappa shape index (κ2) is 12.1. The molecule has 10 rings (SSSR count). The van der Waals surface area contributed by atoms with Crippen LogP contribution in [0.1, 0.15) is 5.56 Å². The maximum Gasteiger partial charge on any atom is 0.0971 e. The van der Waals surface area contributed by atoms with E-state index in [0.29, 0.717) is 0 Å². The number of fused-ring (bicyclic) bond motifs is 10. The first-order valence-electron chi connectivity index (χ1n) is 17.7. The zero-order valence-electron chi connectivity index (χ0n) is 28.4. The normalized spacial score (nSPS) is 15.6. The van der Waals surface area contributed by atoms with E-state index < -0.39 is 0 Å². The van der Waals surface area contributed by atoms with Gasteiger partial charge in [0.1, 0.15) is 0 Å². The molecule has 0 amide bonds. The zero-order chi connectivity index (χ0) is 34.6. The molecule has 1 atom stereocenters. The lowest BCUT2D eigenvalue weighted by Crippen LogP contribution is -2.13. The van der Waals surface area contributed by atoms with Crippen molar-refractivity contribution in [3.05, 3.63) is 193 Å². The Bertz CT molecular complexity index is 2940. The summed E-state index contributed by atoms with van der Waals surface area (Å²) in [6.07, 6.45) is 10.3. The number of aromatic nitrogens is 2. The van der Waals surface area contributed by atoms with E-state index in [2.05, 4.69) is 167 Å². The quantitative estimate of drug-likeness (QED) is 0.144. The standard InChI is InChI=1S/C48H34N4/c49-46(33-18-6-2-7-19-33)38-24-12-14-26-41(38)50-31-51-42-29-28-34(32-16-4-1-5-17-32)30-40(42)45-44-39-25-13-15-27-43(39)52(35-20-8-3-9-21-35)48(44)37-23-11-10-22-36(37)47(45)51/h1-31,41H,49H2/b46-38-,50-31+. The van der Waals surface area contributed by atoms with Gasteiger partial charge in [0.15, 0.2) is 0 Å². The van der Waals surface area contributed by atoms with Crippen molar-refractivity contribution in [2.45, 2.75) is 6.04 Å². The minimum Gasteiger partial charge on any atom is -0.398 e. The van der Waals surface area contributed by atoms with Crippen LogP contribution in [0.25, 0.3) is 76.9 Å². The van der Waals surface area contributed by atoms with Gasteiger partial charge in [-0.2, -0.15) is 0 Å². The van der Waals surface area contributed by atoms with Gasteiger partial charge in [0, 0.05) is 49.3 Å². The molecule has 0 aliphatic heterocycles. The van der Waals surface area contributed by atoms with Crippen LogP contribution in [0, 0.1) is 0 Å². The van der Waals surface area contributed by atoms with Crippen molar-refractivity contribution in [1.29, 1.82) is 0 Å². The first kappa shape index (κ1) is 30.0. The molecular formula is C48H34N4. The van der Waals surface area contributed by atoms with Crippen LogP contribution >= 0.6 is 0 Å². The first-order chi connectivity index (χ1) is 25.8. The molecule has 0 fully saturated rings. The van der Waals surface area contributed by atoms with E-state index in [1.54, 1.807) is 0 Å². The molecule has 0 radical (unpaired) electrons. The number of nitrogens with zero attached hydrogens (tertiary/aromatic N) is 3. The molecule has 52 heavy (non-hydrogen) atoms. The highest BCUT2D eigenvalue weighted by atomic mass is 15.0. The number of allylic oxidation sites excluding steroid dienone is 2. The van der Waals surface area contributed by atoms with Crippen LogP contribution in [0.5, 0.6) is 0 Å². The van der Waals surface area contributed by atoms with Gasteiger partial charge in [0.05, 0.1) is 34.4 Å². The Hall–Kier alpha value is -6.91. The molecule has 1 unspecified atom stereocenters. The van der Waals surface area contributed by atoms with E-state index in [9.17, 15) is 0 Å². The molecule has 1 aliphatic rings. The molecule has 9 aromatic rings. The molecule has 0 saturated carbocycles. The Kier molecular flexibility index (Phi) is 7.00. The average Bonchev–Trinajstić information content (AvgIpc) is 3.74. The molecule has 4 nitrogen and oxygen atoms in total. The summed E-state index contributed by atoms with van der Waals surface area (Å²) in [6, 6.07) is 55.8. The van der Waals surface area contributed by atoms with Gasteiger partial charge in [-0.25, -0.2) is 0 Å². The summed E-state index contributed by atoms with van der Waals surface area (Å²) < 4.78 is 4.74. The first-order valence-corrected chi connectivity index (χ1v) is 17.7. The number of hydrogen-bond donors (Lipinski definition) is 1. The van der Waals surface area contributed by atoms with Crippen LogP contribution in [0.3, 0.4) is 0 Å². The largest absolute Gasteiger partial charge is 0.398 e. The fourth-order valence-electron chi connectivity index (χ4n) is 8.08. The summed E-state index contributed by atoms with van der Waals surface area (Å²) in [7, 11) is 0. The van der Waals surface area contributed by atoms with Crippen LogP contribution in [-0.2, 0) is 0 Å². The van der Waals surface area contributed by atoms with Gasteiger partial charge in [-0.15, -0.1) is 0 Å². The van der Waals surface area contributed by atoms with Crippen molar-refractivity contribution >= 4 is 66.4 Å². The molecule has 7 aromatic carbocycles. The Balaban J connectivity index is 1.33. The van der Waals surface area contributed by atoms with E-state index in [1.165, 1.54) is 54.5 Å². The number of benzene rings is 7. The van der Waals surface area contributed by atoms with Crippen LogP contribution in [0.2, 0.25) is 0 Å². The monoisotopic (exact) mass is 666 g/mol. The molecule has 0 spiro atoms. The van der Waals surface area contributed by atoms with Gasteiger partial charge in [0.2, 0.25) is 0 Å². The van der Waals surface area contributed by atoms with Gasteiger partial charge in [-0.3, -0.25) is 9.56 Å². The minimum atomic E-state index is -0.240. The Morgan fingerprint density at radius 1 is 0.558 bits per heavy atom. The topological polar surface area (TPSA) is 48.2 Å². The summed E-state index contributed by atoms with van der Waals surface area (Å²) in [5, 5.41) is 7.24. The maximum absolute atomic E-state index is 6.81. The number of para-hydroxylation sites is 2. The highest BCUT2D eigenvalue weighted by Gasteiger charge is 2.24. The van der Waals surface area contributed by atoms with Gasteiger partial charge < -0.3 is 10.3 Å². The Labute approximate surface area is 301 Å². The summed E-state index contributed by atoms with van der Waals surface area (Å²) in [4.78, 5) is 5.29. The van der Waals surface area contributed by atoms with Crippen LogP contribution in [0.15, 0.2) is 193 Å². The van der Waals surface area contributed by atoms with Crippen molar-refractivity contribution in [3.8, 4) is 16.8 Å². The Morgan fingerprint density at radius 2 is 1.19 bits per heavy atom. The van der Waals surface area contributed by atoms with Gasteiger partial charge in [0.25, 0.3) is 0 Å². The Morgan fingerprint density at radius 3 is 1.96 bits per heavy atom. The van der Waals surface area contributed by atoms with Gasteiger partial charge in [-0.1, -0.05) is 152 Å². The summed E-state index contributed by atoms with van der Waals surface area (Å²) in [5.41, 5.74) is 17.7. The molecule has 2 N–H and O–H groups in total. The van der Waals surface area contributed by atoms with E-state index in [0.717, 1.165) is 33.6 Å². The lowest BCUT2D eigenvalue weighted by Gasteiger charge is -2.16. The van der Waals surface area contributed by atoms with E-state index in [4.69, 9.17) is 10.7 Å². The van der Waals surface area contributed by atoms with Crippen LogP contribution < -0.4 is 5.73 Å². The van der Waals surface area contributed by atoms with Crippen molar-refractivity contribution in [2.24, 2.45) is 10.7 Å². The van der Waals surface area contributed by atoms with Crippen LogP contribution in [-0.4, -0.2) is 21.5 Å². The van der Waals surface area contributed by atoms with Gasteiger partial charge in [-0.05, 0) is 47.0 Å². The van der Waals surface area contributed by atoms with E-state index in [1.807, 2.05) is 30.6 Å². The molecular weight excluding hydrogens is 633 g/mol. The predicted octanol–water partition coefficient (Wildman–Crippen LogP) is 11.5. The van der Waals surface area contributed by atoms with Crippen molar-refractivity contribution in [3.63, 3.8) is 0 Å². The summed E-state index contributed by atoms with van der Waals surface area (Å²) in [5.74, 6) is 0. The third-order valence-corrected chi connectivity index (χ3v) is 10.4. The maximum atomic E-state index is 6.81. The van der Waals surface area contributed by atoms with E-state index >= 15 is 0 Å². The molecule has 0 bridgehead atoms. The van der Waals surface area contributed by atoms with Crippen LogP contribution in [0.4, 0.5) is 0 Å². The fraction of sp³-hybridized carbons (Fsp3) is 0.0208. The van der Waals surface area contributed by atoms with Crippen molar-refractivity contribution in [1.82, 2.24) is 9.13 Å². The molecule has 0 saturated heterocycles. The summed E-state index contributed by atoms with van der Waals surface area (Å²) in [6.45, 7) is 0. The highest BCUT2D eigenvalue weighted by Crippen LogP contribution is 2.46. The average molecular weight is 667 g/mol. The highest BCUT2D eigenvalue weighted by molar-refractivity contribution is 6.38. The SMILES string of the molecule is N/C(=C1/C=CC=CC1/N=C/n1c2ccc(-c3ccccc3)cc2c2c3c4ccccc4n(-c4ccccc4)c3c3ccccc3c21)c1ccccc1. The molecule has 2 aromatic heterocycles. The minimum absolute atomic E-state index is 0.240. The molecule has 246 valence electrons. The lowest BCUT2D eigenvalue weighted by atomic mass is 9.97. The molecule has 1 aliphatic carbocycles. The third kappa shape index (κ3) is 4.65. The molecule has 2 heterocycles. The molecule has 4 heteroatoms. The van der Waals surface area contributed by atoms with Gasteiger partial charge >= 0.3 is 0 Å². The number of rotatable bonds is 5.